The third-order valence-corrected chi connectivity index (χ3v) is 4.29. The summed E-state index contributed by atoms with van der Waals surface area (Å²) >= 11 is 1.94. The number of thioether (sulfide) groups is 1. The Morgan fingerprint density at radius 1 is 1.44 bits per heavy atom. The number of fused-ring (bicyclic) bond motifs is 1. The minimum Gasteiger partial charge on any atom is -0.361 e. The van der Waals surface area contributed by atoms with Crippen LogP contribution in [0.3, 0.4) is 0 Å². The molecule has 1 aromatic carbocycles. The second kappa shape index (κ2) is 5.16. The lowest BCUT2D eigenvalue weighted by molar-refractivity contribution is 0.384. The molecule has 2 heterocycles. The van der Waals surface area contributed by atoms with Gasteiger partial charge in [0.1, 0.15) is 5.76 Å². The van der Waals surface area contributed by atoms with E-state index in [1.807, 2.05) is 24.8 Å². The Hall–Kier alpha value is -1.26. The molecule has 94 valence electrons. The van der Waals surface area contributed by atoms with Crippen LogP contribution in [0.4, 0.5) is 0 Å². The first kappa shape index (κ1) is 11.8. The molecule has 1 aliphatic heterocycles. The minimum absolute atomic E-state index is 0.430. The predicted molar refractivity (Wildman–Crippen MR) is 72.6 cm³/mol. The maximum Gasteiger partial charge on any atom is 0.133 e. The highest BCUT2D eigenvalue weighted by molar-refractivity contribution is 7.99. The summed E-state index contributed by atoms with van der Waals surface area (Å²) in [6.07, 6.45) is 1.17. The van der Waals surface area contributed by atoms with Crippen molar-refractivity contribution in [1.29, 1.82) is 0 Å². The molecule has 1 aromatic heterocycles. The number of aromatic nitrogens is 1. The molecule has 0 bridgehead atoms. The Labute approximate surface area is 111 Å². The van der Waals surface area contributed by atoms with Crippen molar-refractivity contribution in [2.75, 3.05) is 5.75 Å². The van der Waals surface area contributed by atoms with Crippen LogP contribution in [0.2, 0.25) is 0 Å². The summed E-state index contributed by atoms with van der Waals surface area (Å²) in [4.78, 5) is 1.40. The van der Waals surface area contributed by atoms with Crippen molar-refractivity contribution in [2.24, 2.45) is 0 Å². The number of rotatable bonds is 3. The fourth-order valence-corrected chi connectivity index (χ4v) is 3.41. The van der Waals surface area contributed by atoms with Gasteiger partial charge in [0.15, 0.2) is 0 Å². The molecule has 1 N–H and O–H groups in total. The van der Waals surface area contributed by atoms with E-state index < -0.39 is 0 Å². The largest absolute Gasteiger partial charge is 0.361 e. The highest BCUT2D eigenvalue weighted by Crippen LogP contribution is 2.35. The summed E-state index contributed by atoms with van der Waals surface area (Å²) < 4.78 is 5.08. The Morgan fingerprint density at radius 2 is 2.33 bits per heavy atom. The normalized spacial score (nSPS) is 18.6. The van der Waals surface area contributed by atoms with E-state index in [9.17, 15) is 0 Å². The van der Waals surface area contributed by atoms with E-state index in [0.717, 1.165) is 18.0 Å². The van der Waals surface area contributed by atoms with E-state index in [0.29, 0.717) is 6.04 Å². The van der Waals surface area contributed by atoms with Gasteiger partial charge in [0, 0.05) is 23.5 Å². The molecule has 0 spiro atoms. The van der Waals surface area contributed by atoms with Crippen molar-refractivity contribution in [2.45, 2.75) is 30.8 Å². The fourth-order valence-electron chi connectivity index (χ4n) is 2.28. The highest BCUT2D eigenvalue weighted by Gasteiger charge is 2.19. The third kappa shape index (κ3) is 2.44. The van der Waals surface area contributed by atoms with Gasteiger partial charge in [-0.05, 0) is 30.7 Å². The van der Waals surface area contributed by atoms with Gasteiger partial charge >= 0.3 is 0 Å². The zero-order valence-electron chi connectivity index (χ0n) is 10.3. The summed E-state index contributed by atoms with van der Waals surface area (Å²) in [5.41, 5.74) is 2.39. The van der Waals surface area contributed by atoms with Crippen molar-refractivity contribution >= 4 is 11.8 Å². The van der Waals surface area contributed by atoms with Crippen LogP contribution in [0, 0.1) is 6.92 Å². The van der Waals surface area contributed by atoms with Gasteiger partial charge < -0.3 is 9.84 Å². The summed E-state index contributed by atoms with van der Waals surface area (Å²) in [7, 11) is 0. The Balaban J connectivity index is 1.71. The molecule has 0 saturated heterocycles. The summed E-state index contributed by atoms with van der Waals surface area (Å²) in [6, 6.07) is 11.0. The zero-order valence-corrected chi connectivity index (χ0v) is 11.2. The van der Waals surface area contributed by atoms with Crippen molar-refractivity contribution in [3.8, 4) is 0 Å². The van der Waals surface area contributed by atoms with E-state index in [4.69, 9.17) is 4.52 Å². The summed E-state index contributed by atoms with van der Waals surface area (Å²) in [6.45, 7) is 2.68. The Kier molecular flexibility index (Phi) is 3.39. The van der Waals surface area contributed by atoms with Crippen LogP contribution in [0.5, 0.6) is 0 Å². The van der Waals surface area contributed by atoms with Gasteiger partial charge in [-0.2, -0.15) is 0 Å². The lowest BCUT2D eigenvalue weighted by Crippen LogP contribution is -2.24. The number of nitrogens with one attached hydrogen (secondary N) is 1. The van der Waals surface area contributed by atoms with Crippen LogP contribution in [-0.4, -0.2) is 10.9 Å². The smallest absolute Gasteiger partial charge is 0.133 e. The Morgan fingerprint density at radius 3 is 3.17 bits per heavy atom. The first-order chi connectivity index (χ1) is 8.83. The third-order valence-electron chi connectivity index (χ3n) is 3.16. The minimum atomic E-state index is 0.430. The average molecular weight is 260 g/mol. The molecule has 4 heteroatoms. The summed E-state index contributed by atoms with van der Waals surface area (Å²) in [5.74, 6) is 2.04. The van der Waals surface area contributed by atoms with Crippen molar-refractivity contribution in [3.63, 3.8) is 0 Å². The number of aryl methyl sites for hydroxylation is 1. The van der Waals surface area contributed by atoms with Gasteiger partial charge in [-0.3, -0.25) is 0 Å². The SMILES string of the molecule is Cc1cc(CNC2CCSc3ccccc32)no1. The van der Waals surface area contributed by atoms with Gasteiger partial charge in [0.25, 0.3) is 0 Å². The van der Waals surface area contributed by atoms with Gasteiger partial charge in [-0.1, -0.05) is 23.4 Å². The van der Waals surface area contributed by atoms with E-state index >= 15 is 0 Å². The van der Waals surface area contributed by atoms with Crippen molar-refractivity contribution < 1.29 is 4.52 Å². The van der Waals surface area contributed by atoms with Crippen LogP contribution >= 0.6 is 11.8 Å². The van der Waals surface area contributed by atoms with Crippen molar-refractivity contribution in [1.82, 2.24) is 10.5 Å². The highest BCUT2D eigenvalue weighted by atomic mass is 32.2. The van der Waals surface area contributed by atoms with Gasteiger partial charge in [0.05, 0.1) is 5.69 Å². The van der Waals surface area contributed by atoms with Crippen LogP contribution in [0.15, 0.2) is 39.8 Å². The van der Waals surface area contributed by atoms with Crippen LogP contribution in [-0.2, 0) is 6.54 Å². The van der Waals surface area contributed by atoms with Gasteiger partial charge in [-0.25, -0.2) is 0 Å². The quantitative estimate of drug-likeness (QED) is 0.919. The monoisotopic (exact) mass is 260 g/mol. The average Bonchev–Trinajstić information content (AvgIpc) is 2.82. The van der Waals surface area contributed by atoms with Crippen LogP contribution < -0.4 is 5.32 Å². The first-order valence-electron chi connectivity index (χ1n) is 6.20. The molecule has 1 unspecified atom stereocenters. The van der Waals surface area contributed by atoms with Gasteiger partial charge in [-0.15, -0.1) is 11.8 Å². The van der Waals surface area contributed by atoms with E-state index in [-0.39, 0.29) is 0 Å². The maximum absolute atomic E-state index is 5.08. The second-order valence-electron chi connectivity index (χ2n) is 4.54. The lowest BCUT2D eigenvalue weighted by Gasteiger charge is -2.25. The van der Waals surface area contributed by atoms with Crippen molar-refractivity contribution in [3.05, 3.63) is 47.3 Å². The molecule has 2 aromatic rings. The molecule has 0 aliphatic carbocycles. The maximum atomic E-state index is 5.08. The van der Waals surface area contributed by atoms with Gasteiger partial charge in [0.2, 0.25) is 0 Å². The number of hydrogen-bond acceptors (Lipinski definition) is 4. The molecule has 3 nitrogen and oxygen atoms in total. The topological polar surface area (TPSA) is 38.1 Å². The molecule has 0 amide bonds. The molecule has 1 atom stereocenters. The van der Waals surface area contributed by atoms with E-state index in [1.54, 1.807) is 0 Å². The molecular formula is C14H16N2OS. The first-order valence-corrected chi connectivity index (χ1v) is 7.19. The predicted octanol–water partition coefficient (Wildman–Crippen LogP) is 3.31. The van der Waals surface area contributed by atoms with Crippen LogP contribution in [0.25, 0.3) is 0 Å². The zero-order chi connectivity index (χ0) is 12.4. The number of hydrogen-bond donors (Lipinski definition) is 1. The Bertz CT molecular complexity index is 538. The van der Waals surface area contributed by atoms with Crippen LogP contribution in [0.1, 0.15) is 29.5 Å². The standard InChI is InChI=1S/C14H16N2OS/c1-10-8-11(16-17-10)9-15-13-6-7-18-14-5-3-2-4-12(13)14/h2-5,8,13,15H,6-7,9H2,1H3. The molecule has 0 fully saturated rings. The lowest BCUT2D eigenvalue weighted by atomic mass is 10.0. The molecular weight excluding hydrogens is 244 g/mol. The molecule has 3 rings (SSSR count). The second-order valence-corrected chi connectivity index (χ2v) is 5.67. The van der Waals surface area contributed by atoms with E-state index in [2.05, 4.69) is 34.7 Å². The number of nitrogens with zero attached hydrogens (tertiary/aromatic N) is 1. The number of benzene rings is 1. The van der Waals surface area contributed by atoms with E-state index in [1.165, 1.54) is 22.6 Å². The molecule has 1 aliphatic rings. The molecule has 18 heavy (non-hydrogen) atoms. The fraction of sp³-hybridized carbons (Fsp3) is 0.357. The summed E-state index contributed by atoms with van der Waals surface area (Å²) in [5, 5.41) is 7.59. The molecule has 0 saturated carbocycles. The molecule has 0 radical (unpaired) electrons.